The molecule has 0 aromatic carbocycles. The van der Waals surface area contributed by atoms with Gasteiger partial charge in [0, 0.05) is 13.1 Å². The molecule has 0 bridgehead atoms. The topological polar surface area (TPSA) is 41.6 Å². The highest BCUT2D eigenvalue weighted by atomic mass is 16.5. The van der Waals surface area contributed by atoms with Crippen molar-refractivity contribution in [3.63, 3.8) is 0 Å². The van der Waals surface area contributed by atoms with Gasteiger partial charge in [-0.2, -0.15) is 0 Å². The first-order valence-corrected chi connectivity index (χ1v) is 7.83. The molecule has 1 N–H and O–H groups in total. The van der Waals surface area contributed by atoms with Crippen LogP contribution in [0, 0.1) is 5.92 Å². The van der Waals surface area contributed by atoms with E-state index in [1.54, 1.807) is 0 Å². The first-order valence-electron chi connectivity index (χ1n) is 7.83. The molecule has 0 radical (unpaired) electrons. The number of ether oxygens (including phenoxy) is 1. The van der Waals surface area contributed by atoms with E-state index in [1.165, 1.54) is 25.8 Å². The molecule has 19 heavy (non-hydrogen) atoms. The van der Waals surface area contributed by atoms with Crippen molar-refractivity contribution in [3.05, 3.63) is 0 Å². The van der Waals surface area contributed by atoms with Crippen molar-refractivity contribution in [2.45, 2.75) is 52.5 Å². The van der Waals surface area contributed by atoms with E-state index in [-0.39, 0.29) is 12.0 Å². The molecule has 0 spiro atoms. The maximum Gasteiger partial charge on any atom is 0.323 e. The Kier molecular flexibility index (Phi) is 8.07. The van der Waals surface area contributed by atoms with E-state index < -0.39 is 0 Å². The Balaban J connectivity index is 2.32. The molecule has 112 valence electrons. The van der Waals surface area contributed by atoms with Crippen LogP contribution < -0.4 is 5.32 Å². The molecule has 0 heterocycles. The summed E-state index contributed by atoms with van der Waals surface area (Å²) in [5.74, 6) is 0.782. The first-order chi connectivity index (χ1) is 9.21. The highest BCUT2D eigenvalue weighted by Crippen LogP contribution is 2.27. The molecule has 1 fully saturated rings. The second kappa shape index (κ2) is 9.32. The Morgan fingerprint density at radius 1 is 1.37 bits per heavy atom. The number of likely N-dealkylation sites (N-methyl/N-ethyl adjacent to an activating group) is 1. The van der Waals surface area contributed by atoms with Crippen LogP contribution in [0.1, 0.15) is 46.5 Å². The predicted octanol–water partition coefficient (Wildman–Crippen LogP) is 2.04. The molecule has 1 aliphatic carbocycles. The molecule has 0 aromatic heterocycles. The van der Waals surface area contributed by atoms with Gasteiger partial charge in [-0.05, 0) is 45.2 Å². The third-order valence-electron chi connectivity index (χ3n) is 3.94. The van der Waals surface area contributed by atoms with Crippen molar-refractivity contribution < 1.29 is 9.53 Å². The molecule has 0 aromatic rings. The van der Waals surface area contributed by atoms with Gasteiger partial charge < -0.3 is 15.0 Å². The quantitative estimate of drug-likeness (QED) is 0.617. The third kappa shape index (κ3) is 5.91. The van der Waals surface area contributed by atoms with Crippen LogP contribution in [0.15, 0.2) is 0 Å². The minimum absolute atomic E-state index is 0.107. The van der Waals surface area contributed by atoms with Gasteiger partial charge in [0.2, 0.25) is 0 Å². The van der Waals surface area contributed by atoms with Gasteiger partial charge in [0.15, 0.2) is 0 Å². The Morgan fingerprint density at radius 2 is 2.11 bits per heavy atom. The molecule has 0 amide bonds. The van der Waals surface area contributed by atoms with Crippen molar-refractivity contribution in [2.24, 2.45) is 5.92 Å². The molecular weight excluding hydrogens is 240 g/mol. The molecular formula is C15H30N2O2. The number of nitrogens with one attached hydrogen (secondary N) is 1. The molecule has 1 unspecified atom stereocenters. The second-order valence-electron chi connectivity index (χ2n) is 5.34. The Bertz CT molecular complexity index is 255. The van der Waals surface area contributed by atoms with Crippen LogP contribution in [0.4, 0.5) is 0 Å². The van der Waals surface area contributed by atoms with Gasteiger partial charge in [-0.3, -0.25) is 4.79 Å². The number of hydrogen-bond acceptors (Lipinski definition) is 4. The van der Waals surface area contributed by atoms with E-state index in [2.05, 4.69) is 17.1 Å². The predicted molar refractivity (Wildman–Crippen MR) is 78.2 cm³/mol. The van der Waals surface area contributed by atoms with Gasteiger partial charge in [-0.25, -0.2) is 0 Å². The molecule has 1 atom stereocenters. The first kappa shape index (κ1) is 16.4. The smallest absolute Gasteiger partial charge is 0.323 e. The lowest BCUT2D eigenvalue weighted by atomic mass is 9.85. The van der Waals surface area contributed by atoms with Crippen LogP contribution >= 0.6 is 0 Å². The summed E-state index contributed by atoms with van der Waals surface area (Å²) in [7, 11) is 0. The highest BCUT2D eigenvalue weighted by molar-refractivity contribution is 5.75. The fourth-order valence-corrected chi connectivity index (χ4v) is 2.52. The molecule has 1 aliphatic rings. The summed E-state index contributed by atoms with van der Waals surface area (Å²) in [5.41, 5.74) is 0. The van der Waals surface area contributed by atoms with Crippen molar-refractivity contribution >= 4 is 5.97 Å². The lowest BCUT2D eigenvalue weighted by molar-refractivity contribution is -0.145. The molecule has 0 saturated heterocycles. The van der Waals surface area contributed by atoms with Crippen molar-refractivity contribution in [1.29, 1.82) is 0 Å². The van der Waals surface area contributed by atoms with Gasteiger partial charge in [0.1, 0.15) is 6.04 Å². The maximum atomic E-state index is 11.8. The van der Waals surface area contributed by atoms with E-state index in [0.717, 1.165) is 32.0 Å². The van der Waals surface area contributed by atoms with Crippen LogP contribution in [0.25, 0.3) is 0 Å². The van der Waals surface area contributed by atoms with Gasteiger partial charge >= 0.3 is 5.97 Å². The number of esters is 1. The van der Waals surface area contributed by atoms with Gasteiger partial charge in [0.05, 0.1) is 6.61 Å². The summed E-state index contributed by atoms with van der Waals surface area (Å²) in [6, 6.07) is -0.152. The zero-order valence-electron chi connectivity index (χ0n) is 12.8. The zero-order valence-corrected chi connectivity index (χ0v) is 12.8. The van der Waals surface area contributed by atoms with Gasteiger partial charge in [0.25, 0.3) is 0 Å². The third-order valence-corrected chi connectivity index (χ3v) is 3.94. The average molecular weight is 270 g/mol. The fraction of sp³-hybridized carbons (Fsp3) is 0.933. The van der Waals surface area contributed by atoms with Crippen molar-refractivity contribution in [2.75, 3.05) is 32.8 Å². The number of carbonyl (C=O) groups excluding carboxylic acids is 1. The lowest BCUT2D eigenvalue weighted by Gasteiger charge is -2.32. The van der Waals surface area contributed by atoms with E-state index in [1.807, 2.05) is 13.8 Å². The Hall–Kier alpha value is -0.610. The highest BCUT2D eigenvalue weighted by Gasteiger charge is 2.22. The van der Waals surface area contributed by atoms with Gasteiger partial charge in [-0.1, -0.05) is 20.3 Å². The number of hydrogen-bond donors (Lipinski definition) is 1. The molecule has 4 nitrogen and oxygen atoms in total. The van der Waals surface area contributed by atoms with E-state index >= 15 is 0 Å². The fourth-order valence-electron chi connectivity index (χ4n) is 2.52. The zero-order chi connectivity index (χ0) is 14.1. The second-order valence-corrected chi connectivity index (χ2v) is 5.34. The SMILES string of the molecule is CCNC(CCN(CC)CC1CCC1)C(=O)OCC. The maximum absolute atomic E-state index is 11.8. The van der Waals surface area contributed by atoms with E-state index in [4.69, 9.17) is 4.74 Å². The summed E-state index contributed by atoms with van der Waals surface area (Å²) in [6.07, 6.45) is 4.99. The summed E-state index contributed by atoms with van der Waals surface area (Å²) in [5, 5.41) is 3.23. The minimum Gasteiger partial charge on any atom is -0.465 e. The van der Waals surface area contributed by atoms with Crippen LogP contribution in [-0.2, 0) is 9.53 Å². The molecule has 4 heteroatoms. The standard InChI is InChI=1S/C15H30N2O2/c1-4-16-14(15(18)19-6-3)10-11-17(5-2)12-13-8-7-9-13/h13-14,16H,4-12H2,1-3H3. The number of nitrogens with zero attached hydrogens (tertiary/aromatic N) is 1. The summed E-state index contributed by atoms with van der Waals surface area (Å²) in [6.45, 7) is 10.6. The summed E-state index contributed by atoms with van der Waals surface area (Å²) in [4.78, 5) is 14.3. The monoisotopic (exact) mass is 270 g/mol. The summed E-state index contributed by atoms with van der Waals surface area (Å²) < 4.78 is 5.12. The van der Waals surface area contributed by atoms with Gasteiger partial charge in [-0.15, -0.1) is 0 Å². The molecule has 1 rings (SSSR count). The van der Waals surface area contributed by atoms with E-state index in [0.29, 0.717) is 6.61 Å². The average Bonchev–Trinajstić information content (AvgIpc) is 2.35. The minimum atomic E-state index is -0.152. The van der Waals surface area contributed by atoms with Crippen LogP contribution in [0.2, 0.25) is 0 Å². The van der Waals surface area contributed by atoms with Crippen LogP contribution in [0.3, 0.4) is 0 Å². The number of carbonyl (C=O) groups is 1. The summed E-state index contributed by atoms with van der Waals surface area (Å²) >= 11 is 0. The van der Waals surface area contributed by atoms with Crippen LogP contribution in [0.5, 0.6) is 0 Å². The van der Waals surface area contributed by atoms with Crippen molar-refractivity contribution in [1.82, 2.24) is 10.2 Å². The molecule has 1 saturated carbocycles. The normalized spacial score (nSPS) is 17.3. The van der Waals surface area contributed by atoms with E-state index in [9.17, 15) is 4.79 Å². The number of rotatable bonds is 10. The Morgan fingerprint density at radius 3 is 2.58 bits per heavy atom. The lowest BCUT2D eigenvalue weighted by Crippen LogP contribution is -2.42. The van der Waals surface area contributed by atoms with Crippen molar-refractivity contribution in [3.8, 4) is 0 Å². The Labute approximate surface area is 117 Å². The molecule has 0 aliphatic heterocycles. The van der Waals surface area contributed by atoms with Crippen LogP contribution in [-0.4, -0.2) is 49.7 Å². The largest absolute Gasteiger partial charge is 0.465 e.